The molecule has 0 aromatic carbocycles. The van der Waals surface area contributed by atoms with Gasteiger partial charge in [-0.2, -0.15) is 0 Å². The van der Waals surface area contributed by atoms with E-state index in [-0.39, 0.29) is 41.3 Å². The van der Waals surface area contributed by atoms with E-state index in [1.165, 1.54) is 5.57 Å². The van der Waals surface area contributed by atoms with E-state index < -0.39 is 27.8 Å². The van der Waals surface area contributed by atoms with E-state index in [4.69, 9.17) is 28.0 Å². The van der Waals surface area contributed by atoms with Gasteiger partial charge in [0.25, 0.3) is 5.09 Å². The third-order valence-electron chi connectivity index (χ3n) is 8.88. The topological polar surface area (TPSA) is 86.5 Å². The fourth-order valence-electron chi connectivity index (χ4n) is 7.44. The molecule has 4 aliphatic carbocycles. The molecule has 0 saturated heterocycles. The first-order chi connectivity index (χ1) is 15.0. The predicted octanol–water partition coefficient (Wildman–Crippen LogP) is 4.87. The van der Waals surface area contributed by atoms with Gasteiger partial charge >= 0.3 is 0 Å². The molecule has 0 aromatic heterocycles. The lowest BCUT2D eigenvalue weighted by Crippen LogP contribution is -2.58. The number of allylic oxidation sites excluding steroid dienone is 4. The van der Waals surface area contributed by atoms with Crippen LogP contribution in [0, 0.1) is 55.9 Å². The molecule has 4 rings (SSSR count). The normalized spacial score (nSPS) is 42.3. The first kappa shape index (κ1) is 23.3. The van der Waals surface area contributed by atoms with Crippen molar-refractivity contribution in [3.05, 3.63) is 33.4 Å². The largest absolute Gasteiger partial charge is 0.299 e. The van der Waals surface area contributed by atoms with Gasteiger partial charge in [0.2, 0.25) is 0 Å². The quantitative estimate of drug-likeness (QED) is 0.189. The molecule has 0 bridgehead atoms. The molecule has 7 atom stereocenters. The van der Waals surface area contributed by atoms with Gasteiger partial charge < -0.3 is 0 Å². The molecule has 6 nitrogen and oxygen atoms in total. The molecule has 8 heteroatoms. The van der Waals surface area contributed by atoms with Crippen LogP contribution in [0.4, 0.5) is 0 Å². The molecule has 2 saturated carbocycles. The van der Waals surface area contributed by atoms with Crippen LogP contribution in [0.5, 0.6) is 0 Å². The van der Waals surface area contributed by atoms with Crippen LogP contribution in [0.15, 0.2) is 23.3 Å². The molecule has 172 valence electrons. The van der Waals surface area contributed by atoms with Crippen LogP contribution in [0.2, 0.25) is 0 Å². The van der Waals surface area contributed by atoms with Crippen molar-refractivity contribution in [3.8, 4) is 11.3 Å². The van der Waals surface area contributed by atoms with Gasteiger partial charge in [-0.15, -0.1) is 21.7 Å². The van der Waals surface area contributed by atoms with Crippen LogP contribution in [0.3, 0.4) is 0 Å². The summed E-state index contributed by atoms with van der Waals surface area (Å²) >= 11 is 11.5. The second kappa shape index (κ2) is 7.88. The molecule has 0 aliphatic heterocycles. The van der Waals surface area contributed by atoms with Gasteiger partial charge in [0.05, 0.1) is 11.8 Å². The molecule has 0 aromatic rings. The van der Waals surface area contributed by atoms with Crippen molar-refractivity contribution in [2.75, 3.05) is 5.88 Å². The molecular formula is C24H27Cl2NO5. The molecule has 2 fully saturated rings. The van der Waals surface area contributed by atoms with E-state index in [2.05, 4.69) is 31.2 Å². The lowest BCUT2D eigenvalue weighted by atomic mass is 9.48. The zero-order valence-electron chi connectivity index (χ0n) is 18.5. The molecule has 0 N–H and O–H groups in total. The molecule has 0 amide bonds. The van der Waals surface area contributed by atoms with Gasteiger partial charge in [0, 0.05) is 16.2 Å². The van der Waals surface area contributed by atoms with Gasteiger partial charge in [-0.3, -0.25) is 14.4 Å². The summed E-state index contributed by atoms with van der Waals surface area (Å²) in [5.74, 6) is 2.03. The molecule has 32 heavy (non-hydrogen) atoms. The summed E-state index contributed by atoms with van der Waals surface area (Å²) in [6.07, 6.45) is 6.73. The average Bonchev–Trinajstić information content (AvgIpc) is 3.02. The first-order valence-corrected chi connectivity index (χ1v) is 12.0. The van der Waals surface area contributed by atoms with Crippen LogP contribution < -0.4 is 0 Å². The van der Waals surface area contributed by atoms with Crippen LogP contribution in [-0.2, 0) is 14.4 Å². The summed E-state index contributed by atoms with van der Waals surface area (Å²) in [5.41, 5.74) is -0.191. The van der Waals surface area contributed by atoms with E-state index in [1.54, 1.807) is 6.08 Å². The van der Waals surface area contributed by atoms with E-state index in [0.717, 1.165) is 12.0 Å². The van der Waals surface area contributed by atoms with Gasteiger partial charge in [0.1, 0.15) is 0 Å². The maximum atomic E-state index is 12.9. The highest BCUT2D eigenvalue weighted by molar-refractivity contribution is 6.30. The SMILES string of the molecule is C[C@H]1C[C@@H]2C(=CC[C@@]3(C)[C@H]2CC[C@@]3(O[N+](=O)[O-])C(=O)CCl)[C@@]2(C)CC(C#CCl)C(=O)C=C12. The second-order valence-electron chi connectivity index (χ2n) is 10.2. The van der Waals surface area contributed by atoms with Crippen LogP contribution >= 0.6 is 23.2 Å². The lowest BCUT2D eigenvalue weighted by molar-refractivity contribution is -0.780. The molecular weight excluding hydrogens is 453 g/mol. The Morgan fingerprint density at radius 3 is 2.72 bits per heavy atom. The molecule has 1 unspecified atom stereocenters. The average molecular weight is 480 g/mol. The third-order valence-corrected chi connectivity index (χ3v) is 9.23. The number of alkyl halides is 1. The van der Waals surface area contributed by atoms with Gasteiger partial charge in [-0.05, 0) is 67.5 Å². The molecule has 0 radical (unpaired) electrons. The van der Waals surface area contributed by atoms with Crippen molar-refractivity contribution >= 4 is 34.8 Å². The van der Waals surface area contributed by atoms with Gasteiger partial charge in [-0.25, -0.2) is 0 Å². The number of ketones is 2. The number of rotatable bonds is 4. The zero-order valence-corrected chi connectivity index (χ0v) is 20.0. The number of hydrogen-bond donors (Lipinski definition) is 0. The highest BCUT2D eigenvalue weighted by Gasteiger charge is 2.67. The number of carbonyl (C=O) groups excluding carboxylic acids is 2. The number of halogens is 2. The highest BCUT2D eigenvalue weighted by atomic mass is 35.5. The van der Waals surface area contributed by atoms with Crippen molar-refractivity contribution in [2.24, 2.45) is 34.5 Å². The van der Waals surface area contributed by atoms with Gasteiger partial charge in [-0.1, -0.05) is 43.9 Å². The summed E-state index contributed by atoms with van der Waals surface area (Å²) in [6, 6.07) is 0. The van der Waals surface area contributed by atoms with E-state index >= 15 is 0 Å². The van der Waals surface area contributed by atoms with E-state index in [9.17, 15) is 19.7 Å². The Kier molecular flexibility index (Phi) is 5.75. The Bertz CT molecular complexity index is 1010. The third kappa shape index (κ3) is 3.08. The Morgan fingerprint density at radius 2 is 2.09 bits per heavy atom. The Labute approximate surface area is 197 Å². The minimum absolute atomic E-state index is 0.00384. The fraction of sp³-hybridized carbons (Fsp3) is 0.667. The standard InChI is InChI=1S/C24H27Cl2NO5/c1-14-10-16-17(22(2)12-15(6-9-25)20(28)11-19(14)22)4-7-23(3)18(16)5-8-24(23,21(29)13-26)32-27(30)31/h4,11,14-16,18H,5,7-8,10,12-13H2,1-3H3/t14-,15?,16+,18-,22+,23-,24+/m0/s1. The molecule has 0 heterocycles. The van der Waals surface area contributed by atoms with Crippen LogP contribution in [0.25, 0.3) is 0 Å². The second-order valence-corrected chi connectivity index (χ2v) is 10.7. The van der Waals surface area contributed by atoms with Crippen LogP contribution in [0.1, 0.15) is 52.9 Å². The monoisotopic (exact) mass is 479 g/mol. The maximum absolute atomic E-state index is 12.9. The number of fused-ring (bicyclic) bond motifs is 5. The highest BCUT2D eigenvalue weighted by Crippen LogP contribution is 2.67. The van der Waals surface area contributed by atoms with E-state index in [0.29, 0.717) is 19.3 Å². The smallest absolute Gasteiger partial charge is 0.295 e. The lowest BCUT2D eigenvalue weighted by Gasteiger charge is -2.56. The maximum Gasteiger partial charge on any atom is 0.295 e. The molecule has 0 spiro atoms. The minimum Gasteiger partial charge on any atom is -0.299 e. The summed E-state index contributed by atoms with van der Waals surface area (Å²) in [5, 5.41) is 12.9. The fourth-order valence-corrected chi connectivity index (χ4v) is 7.79. The number of carbonyl (C=O) groups is 2. The number of hydrogen-bond acceptors (Lipinski definition) is 5. The summed E-state index contributed by atoms with van der Waals surface area (Å²) in [7, 11) is 0. The number of Topliss-reactive ketones (excluding diaryl/α,β-unsaturated/α-hetero) is 1. The Balaban J connectivity index is 1.81. The summed E-state index contributed by atoms with van der Waals surface area (Å²) in [4.78, 5) is 42.2. The first-order valence-electron chi connectivity index (χ1n) is 11.0. The number of nitrogens with zero attached hydrogens (tertiary/aromatic N) is 1. The van der Waals surface area contributed by atoms with Crippen molar-refractivity contribution in [3.63, 3.8) is 0 Å². The van der Waals surface area contributed by atoms with E-state index in [1.807, 2.05) is 6.92 Å². The molecule has 4 aliphatic rings. The van der Waals surface area contributed by atoms with Crippen molar-refractivity contribution in [1.29, 1.82) is 0 Å². The van der Waals surface area contributed by atoms with Crippen LogP contribution in [-0.4, -0.2) is 28.1 Å². The Hall–Kier alpha value is -1.84. The predicted molar refractivity (Wildman–Crippen MR) is 120 cm³/mol. The van der Waals surface area contributed by atoms with Crippen molar-refractivity contribution in [2.45, 2.75) is 58.5 Å². The summed E-state index contributed by atoms with van der Waals surface area (Å²) < 4.78 is 0. The van der Waals surface area contributed by atoms with Crippen molar-refractivity contribution < 1.29 is 19.5 Å². The van der Waals surface area contributed by atoms with Crippen molar-refractivity contribution in [1.82, 2.24) is 0 Å². The Morgan fingerprint density at radius 1 is 1.38 bits per heavy atom. The summed E-state index contributed by atoms with van der Waals surface area (Å²) in [6.45, 7) is 6.24. The minimum atomic E-state index is -1.53. The van der Waals surface area contributed by atoms with Gasteiger partial charge in [0.15, 0.2) is 17.2 Å². The zero-order chi connectivity index (χ0) is 23.5.